The molecule has 2 unspecified atom stereocenters. The number of nitrogens with zero attached hydrogens (tertiary/aromatic N) is 3. The zero-order valence-electron chi connectivity index (χ0n) is 10.8. The van der Waals surface area contributed by atoms with E-state index in [4.69, 9.17) is 4.74 Å². The Labute approximate surface area is 102 Å². The van der Waals surface area contributed by atoms with Crippen LogP contribution in [0.1, 0.15) is 56.6 Å². The van der Waals surface area contributed by atoms with Crippen molar-refractivity contribution in [3.8, 4) is 0 Å². The van der Waals surface area contributed by atoms with Gasteiger partial charge < -0.3 is 9.84 Å². The van der Waals surface area contributed by atoms with Crippen LogP contribution in [0.2, 0.25) is 0 Å². The van der Waals surface area contributed by atoms with Crippen LogP contribution >= 0.6 is 0 Å². The van der Waals surface area contributed by atoms with E-state index in [1.165, 1.54) is 19.3 Å². The van der Waals surface area contributed by atoms with Crippen LogP contribution in [0.3, 0.4) is 0 Å². The smallest absolute Gasteiger partial charge is 0.114 e. The van der Waals surface area contributed by atoms with E-state index in [2.05, 4.69) is 17.2 Å². The van der Waals surface area contributed by atoms with Gasteiger partial charge in [-0.25, -0.2) is 4.68 Å². The Balaban J connectivity index is 2.28. The summed E-state index contributed by atoms with van der Waals surface area (Å²) in [5.41, 5.74) is 1.54. The Bertz CT molecular complexity index is 374. The van der Waals surface area contributed by atoms with E-state index in [1.807, 2.05) is 11.6 Å². The van der Waals surface area contributed by atoms with E-state index in [0.29, 0.717) is 17.7 Å². The molecule has 1 saturated carbocycles. The second-order valence-corrected chi connectivity index (χ2v) is 4.83. The lowest BCUT2D eigenvalue weighted by Gasteiger charge is -2.32. The molecule has 5 nitrogen and oxygen atoms in total. The van der Waals surface area contributed by atoms with Crippen molar-refractivity contribution >= 4 is 0 Å². The fraction of sp³-hybridized carbons (Fsp3) is 0.833. The van der Waals surface area contributed by atoms with Gasteiger partial charge in [0, 0.05) is 7.11 Å². The number of hydrogen-bond acceptors (Lipinski definition) is 4. The third-order valence-electron chi connectivity index (χ3n) is 3.91. The quantitative estimate of drug-likeness (QED) is 0.851. The molecule has 1 aliphatic rings. The molecule has 0 saturated heterocycles. The van der Waals surface area contributed by atoms with Crippen LogP contribution in [-0.4, -0.2) is 27.2 Å². The molecule has 2 atom stereocenters. The fourth-order valence-electron chi connectivity index (χ4n) is 2.40. The van der Waals surface area contributed by atoms with Gasteiger partial charge in [0.1, 0.15) is 5.69 Å². The lowest BCUT2D eigenvalue weighted by atomic mass is 9.80. The molecule has 0 spiro atoms. The molecule has 0 bridgehead atoms. The van der Waals surface area contributed by atoms with Crippen LogP contribution in [0.25, 0.3) is 0 Å². The predicted molar refractivity (Wildman–Crippen MR) is 63.4 cm³/mol. The molecule has 0 aromatic carbocycles. The van der Waals surface area contributed by atoms with E-state index in [1.54, 1.807) is 7.11 Å². The number of aliphatic hydroxyl groups excluding tert-OH is 1. The first-order valence-electron chi connectivity index (χ1n) is 6.26. The summed E-state index contributed by atoms with van der Waals surface area (Å²) in [4.78, 5) is 0. The average molecular weight is 239 g/mol. The molecule has 1 heterocycles. The topological polar surface area (TPSA) is 60.2 Å². The molecule has 0 amide bonds. The summed E-state index contributed by atoms with van der Waals surface area (Å²) < 4.78 is 7.28. The summed E-state index contributed by atoms with van der Waals surface area (Å²) >= 11 is 0. The Morgan fingerprint density at radius 1 is 1.47 bits per heavy atom. The van der Waals surface area contributed by atoms with Crippen LogP contribution in [0, 0.1) is 5.92 Å². The minimum Gasteiger partial charge on any atom is -0.390 e. The van der Waals surface area contributed by atoms with Crippen LogP contribution < -0.4 is 0 Å². The summed E-state index contributed by atoms with van der Waals surface area (Å²) in [6.07, 6.45) is 3.74. The van der Waals surface area contributed by atoms with Gasteiger partial charge in [-0.1, -0.05) is 11.6 Å². The molecular formula is C12H21N3O2. The van der Waals surface area contributed by atoms with Gasteiger partial charge in [0.05, 0.1) is 24.4 Å². The van der Waals surface area contributed by atoms with E-state index in [-0.39, 0.29) is 12.7 Å². The molecule has 1 aliphatic carbocycles. The zero-order chi connectivity index (χ0) is 12.4. The summed E-state index contributed by atoms with van der Waals surface area (Å²) in [6.45, 7) is 4.05. The highest BCUT2D eigenvalue weighted by molar-refractivity contribution is 5.13. The van der Waals surface area contributed by atoms with E-state index < -0.39 is 0 Å². The third-order valence-corrected chi connectivity index (χ3v) is 3.91. The van der Waals surface area contributed by atoms with Gasteiger partial charge in [0.25, 0.3) is 0 Å². The highest BCUT2D eigenvalue weighted by Crippen LogP contribution is 2.37. The van der Waals surface area contributed by atoms with Crippen molar-refractivity contribution in [2.75, 3.05) is 7.11 Å². The van der Waals surface area contributed by atoms with E-state index in [0.717, 1.165) is 5.69 Å². The fourth-order valence-corrected chi connectivity index (χ4v) is 2.40. The summed E-state index contributed by atoms with van der Waals surface area (Å²) in [5, 5.41) is 17.5. The number of hydrogen-bond donors (Lipinski definition) is 1. The molecule has 2 rings (SSSR count). The Hall–Kier alpha value is -0.940. The van der Waals surface area contributed by atoms with Gasteiger partial charge in [-0.2, -0.15) is 0 Å². The maximum Gasteiger partial charge on any atom is 0.114 e. The molecule has 96 valence electrons. The van der Waals surface area contributed by atoms with E-state index >= 15 is 0 Å². The number of methoxy groups -OCH3 is 1. The highest BCUT2D eigenvalue weighted by atomic mass is 16.5. The molecule has 0 radical (unpaired) electrons. The monoisotopic (exact) mass is 239 g/mol. The Morgan fingerprint density at radius 3 is 2.65 bits per heavy atom. The van der Waals surface area contributed by atoms with E-state index in [9.17, 15) is 5.11 Å². The van der Waals surface area contributed by atoms with Gasteiger partial charge in [0.15, 0.2) is 0 Å². The molecule has 1 fully saturated rings. The van der Waals surface area contributed by atoms with Gasteiger partial charge >= 0.3 is 0 Å². The van der Waals surface area contributed by atoms with Crippen molar-refractivity contribution in [3.63, 3.8) is 0 Å². The standard InChI is InChI=1S/C12H21N3O2/c1-8(10-5-4-6-10)15-12(9(2)17-3)11(7-16)13-14-15/h8-10,16H,4-7H2,1-3H3. The lowest BCUT2D eigenvalue weighted by molar-refractivity contribution is 0.101. The summed E-state index contributed by atoms with van der Waals surface area (Å²) in [7, 11) is 1.66. The molecule has 17 heavy (non-hydrogen) atoms. The summed E-state index contributed by atoms with van der Waals surface area (Å²) in [5.74, 6) is 0.686. The van der Waals surface area contributed by atoms with Crippen molar-refractivity contribution < 1.29 is 9.84 Å². The van der Waals surface area contributed by atoms with Crippen molar-refractivity contribution in [2.45, 2.75) is 51.9 Å². The molecular weight excluding hydrogens is 218 g/mol. The lowest BCUT2D eigenvalue weighted by Crippen LogP contribution is -2.26. The van der Waals surface area contributed by atoms with Gasteiger partial charge in [-0.3, -0.25) is 0 Å². The second-order valence-electron chi connectivity index (χ2n) is 4.83. The average Bonchev–Trinajstić information content (AvgIpc) is 2.69. The van der Waals surface area contributed by atoms with Gasteiger partial charge in [-0.05, 0) is 32.6 Å². The Morgan fingerprint density at radius 2 is 2.18 bits per heavy atom. The normalized spacial score (nSPS) is 20.0. The number of aliphatic hydroxyl groups is 1. The third kappa shape index (κ3) is 2.21. The minimum absolute atomic E-state index is 0.0829. The molecule has 1 N–H and O–H groups in total. The van der Waals surface area contributed by atoms with Crippen molar-refractivity contribution in [1.82, 2.24) is 15.0 Å². The first-order valence-corrected chi connectivity index (χ1v) is 6.26. The largest absolute Gasteiger partial charge is 0.390 e. The first-order chi connectivity index (χ1) is 8.19. The maximum atomic E-state index is 9.30. The number of ether oxygens (including phenoxy) is 1. The molecule has 1 aromatic heterocycles. The molecule has 5 heteroatoms. The SMILES string of the molecule is COC(C)c1c(CO)nnn1C(C)C1CCC1. The predicted octanol–water partition coefficient (Wildman–Crippen LogP) is 1.84. The molecule has 0 aliphatic heterocycles. The van der Waals surface area contributed by atoms with Gasteiger partial charge in [0.2, 0.25) is 0 Å². The number of rotatable bonds is 5. The summed E-state index contributed by atoms with van der Waals surface area (Å²) in [6, 6.07) is 0.337. The van der Waals surface area contributed by atoms with Crippen LogP contribution in [-0.2, 0) is 11.3 Å². The van der Waals surface area contributed by atoms with Crippen molar-refractivity contribution in [3.05, 3.63) is 11.4 Å². The van der Waals surface area contributed by atoms with Crippen molar-refractivity contribution in [2.24, 2.45) is 5.92 Å². The Kier molecular flexibility index (Phi) is 3.79. The van der Waals surface area contributed by atoms with Crippen LogP contribution in [0.5, 0.6) is 0 Å². The highest BCUT2D eigenvalue weighted by Gasteiger charge is 2.29. The van der Waals surface area contributed by atoms with Crippen LogP contribution in [0.4, 0.5) is 0 Å². The number of aromatic nitrogens is 3. The second kappa shape index (κ2) is 5.14. The zero-order valence-corrected chi connectivity index (χ0v) is 10.8. The molecule has 1 aromatic rings. The van der Waals surface area contributed by atoms with Crippen molar-refractivity contribution in [1.29, 1.82) is 0 Å². The maximum absolute atomic E-state index is 9.30. The minimum atomic E-state index is -0.0883. The van der Waals surface area contributed by atoms with Gasteiger partial charge in [-0.15, -0.1) is 5.10 Å². The first kappa shape index (κ1) is 12.5. The van der Waals surface area contributed by atoms with Crippen LogP contribution in [0.15, 0.2) is 0 Å².